The molecule has 0 aliphatic rings. The van der Waals surface area contributed by atoms with Crippen LogP contribution >= 0.6 is 0 Å². The highest BCUT2D eigenvalue weighted by atomic mass is 32.2. The van der Waals surface area contributed by atoms with Crippen LogP contribution in [0.2, 0.25) is 0 Å². The summed E-state index contributed by atoms with van der Waals surface area (Å²) in [5, 5.41) is 17.3. The van der Waals surface area contributed by atoms with Gasteiger partial charge in [0.2, 0.25) is 10.0 Å². The van der Waals surface area contributed by atoms with Crippen molar-refractivity contribution in [1.29, 1.82) is 0 Å². The minimum Gasteiger partial charge on any atom is -0.480 e. The third-order valence-electron chi connectivity index (χ3n) is 2.22. The number of ketones is 1. The van der Waals surface area contributed by atoms with Gasteiger partial charge in [0.1, 0.15) is 11.8 Å². The average Bonchev–Trinajstić information content (AvgIpc) is 2.36. The van der Waals surface area contributed by atoms with Gasteiger partial charge >= 0.3 is 5.97 Å². The van der Waals surface area contributed by atoms with Gasteiger partial charge in [-0.1, -0.05) is 30.3 Å². The highest BCUT2D eigenvalue weighted by Gasteiger charge is 2.25. The number of benzene rings is 1. The molecule has 0 radical (unpaired) electrons. The van der Waals surface area contributed by atoms with Crippen LogP contribution in [0.4, 0.5) is 0 Å². The van der Waals surface area contributed by atoms with Gasteiger partial charge in [-0.05, 0) is 0 Å². The molecule has 0 aromatic heterocycles. The molecule has 1 atom stereocenters. The molecule has 0 aliphatic heterocycles. The van der Waals surface area contributed by atoms with Crippen LogP contribution in [0.1, 0.15) is 10.4 Å². The smallest absolute Gasteiger partial charge is 0.324 e. The van der Waals surface area contributed by atoms with Crippen LogP contribution in [0.15, 0.2) is 30.3 Å². The first-order valence-corrected chi connectivity index (χ1v) is 6.93. The number of aliphatic carboxylic acids is 1. The number of aliphatic hydroxyl groups excluding tert-OH is 1. The van der Waals surface area contributed by atoms with E-state index >= 15 is 0 Å². The van der Waals surface area contributed by atoms with Crippen molar-refractivity contribution in [2.24, 2.45) is 0 Å². The van der Waals surface area contributed by atoms with Crippen molar-refractivity contribution in [2.45, 2.75) is 6.04 Å². The lowest BCUT2D eigenvalue weighted by Gasteiger charge is -2.11. The van der Waals surface area contributed by atoms with Crippen molar-refractivity contribution in [2.75, 3.05) is 12.4 Å². The molecule has 0 saturated carbocycles. The summed E-state index contributed by atoms with van der Waals surface area (Å²) in [6.45, 7) is -0.895. The molecule has 104 valence electrons. The van der Waals surface area contributed by atoms with E-state index in [0.717, 1.165) is 0 Å². The third kappa shape index (κ3) is 4.78. The van der Waals surface area contributed by atoms with E-state index in [0.29, 0.717) is 0 Å². The minimum absolute atomic E-state index is 0.212. The standard InChI is InChI=1S/C11H13NO6S/c13-6-9(11(15)16)12-19(17,18)7-10(14)8-4-2-1-3-5-8/h1-5,9,12-13H,6-7H2,(H,15,16). The molecule has 8 heteroatoms. The van der Waals surface area contributed by atoms with Gasteiger partial charge in [0.25, 0.3) is 0 Å². The second-order valence-electron chi connectivity index (χ2n) is 3.74. The van der Waals surface area contributed by atoms with Gasteiger partial charge in [-0.3, -0.25) is 9.59 Å². The number of hydrogen-bond acceptors (Lipinski definition) is 5. The van der Waals surface area contributed by atoms with E-state index < -0.39 is 40.2 Å². The molecule has 0 saturated heterocycles. The van der Waals surface area contributed by atoms with Crippen molar-refractivity contribution >= 4 is 21.8 Å². The number of nitrogens with one attached hydrogen (secondary N) is 1. The Bertz CT molecular complexity index is 554. The van der Waals surface area contributed by atoms with Crippen LogP contribution in [-0.4, -0.2) is 48.8 Å². The van der Waals surface area contributed by atoms with Crippen LogP contribution in [0.25, 0.3) is 0 Å². The number of carboxylic acids is 1. The van der Waals surface area contributed by atoms with Gasteiger partial charge in [-0.2, -0.15) is 4.72 Å². The van der Waals surface area contributed by atoms with Crippen LogP contribution in [0.5, 0.6) is 0 Å². The van der Waals surface area contributed by atoms with Crippen molar-refractivity contribution in [1.82, 2.24) is 4.72 Å². The molecule has 1 unspecified atom stereocenters. The highest BCUT2D eigenvalue weighted by Crippen LogP contribution is 2.02. The lowest BCUT2D eigenvalue weighted by molar-refractivity contribution is -0.139. The second-order valence-corrected chi connectivity index (χ2v) is 5.49. The Morgan fingerprint density at radius 3 is 2.26 bits per heavy atom. The maximum absolute atomic E-state index is 11.7. The molecule has 19 heavy (non-hydrogen) atoms. The fourth-order valence-electron chi connectivity index (χ4n) is 1.30. The number of carbonyl (C=O) groups is 2. The van der Waals surface area contributed by atoms with Gasteiger partial charge in [0.15, 0.2) is 5.78 Å². The summed E-state index contributed by atoms with van der Waals surface area (Å²) in [5.74, 6) is -3.05. The normalized spacial score (nSPS) is 12.9. The van der Waals surface area contributed by atoms with E-state index in [2.05, 4.69) is 0 Å². The fraction of sp³-hybridized carbons (Fsp3) is 0.273. The number of aliphatic hydroxyl groups is 1. The van der Waals surface area contributed by atoms with E-state index in [1.54, 1.807) is 22.9 Å². The molecule has 0 fully saturated rings. The zero-order chi connectivity index (χ0) is 14.5. The van der Waals surface area contributed by atoms with Gasteiger partial charge in [-0.25, -0.2) is 8.42 Å². The molecule has 1 rings (SSSR count). The Labute approximate surface area is 109 Å². The molecular formula is C11H13NO6S. The Morgan fingerprint density at radius 2 is 1.79 bits per heavy atom. The number of carbonyl (C=O) groups excluding carboxylic acids is 1. The highest BCUT2D eigenvalue weighted by molar-refractivity contribution is 7.90. The van der Waals surface area contributed by atoms with E-state index in [9.17, 15) is 18.0 Å². The molecule has 3 N–H and O–H groups in total. The molecule has 0 spiro atoms. The van der Waals surface area contributed by atoms with Gasteiger partial charge in [-0.15, -0.1) is 0 Å². The van der Waals surface area contributed by atoms with Crippen molar-refractivity contribution in [3.8, 4) is 0 Å². The molecule has 7 nitrogen and oxygen atoms in total. The molecule has 1 aromatic carbocycles. The van der Waals surface area contributed by atoms with Gasteiger partial charge in [0, 0.05) is 5.56 Å². The average molecular weight is 287 g/mol. The van der Waals surface area contributed by atoms with Crippen LogP contribution < -0.4 is 4.72 Å². The first-order valence-electron chi connectivity index (χ1n) is 5.27. The molecule has 0 amide bonds. The summed E-state index contributed by atoms with van der Waals surface area (Å²) >= 11 is 0. The molecule has 0 aliphatic carbocycles. The summed E-state index contributed by atoms with van der Waals surface area (Å²) in [7, 11) is -4.13. The van der Waals surface area contributed by atoms with Crippen LogP contribution in [-0.2, 0) is 14.8 Å². The van der Waals surface area contributed by atoms with E-state index in [1.807, 2.05) is 0 Å². The summed E-state index contributed by atoms with van der Waals surface area (Å²) in [6, 6.07) is 6.10. The molecule has 0 heterocycles. The zero-order valence-corrected chi connectivity index (χ0v) is 10.6. The third-order valence-corrected chi connectivity index (χ3v) is 3.51. The summed E-state index contributed by atoms with van der Waals surface area (Å²) in [5.41, 5.74) is 0.212. The van der Waals surface area contributed by atoms with E-state index in [-0.39, 0.29) is 5.56 Å². The number of hydrogen-bond donors (Lipinski definition) is 3. The lowest BCUT2D eigenvalue weighted by atomic mass is 10.2. The summed E-state index contributed by atoms with van der Waals surface area (Å²) < 4.78 is 24.9. The molecule has 1 aromatic rings. The lowest BCUT2D eigenvalue weighted by Crippen LogP contribution is -2.45. The zero-order valence-electron chi connectivity index (χ0n) is 9.81. The molecule has 0 bridgehead atoms. The predicted molar refractivity (Wildman–Crippen MR) is 66.2 cm³/mol. The van der Waals surface area contributed by atoms with E-state index in [4.69, 9.17) is 10.2 Å². The Kier molecular flexibility index (Phi) is 5.16. The van der Waals surface area contributed by atoms with Crippen molar-refractivity contribution in [3.05, 3.63) is 35.9 Å². The summed E-state index contributed by atoms with van der Waals surface area (Å²) in [4.78, 5) is 22.3. The maximum atomic E-state index is 11.7. The van der Waals surface area contributed by atoms with Gasteiger partial charge in [0.05, 0.1) is 6.61 Å². The minimum atomic E-state index is -4.13. The Hall–Kier alpha value is -1.77. The predicted octanol–water partition coefficient (Wildman–Crippen LogP) is -0.766. The summed E-state index contributed by atoms with van der Waals surface area (Å²) in [6.07, 6.45) is 0. The number of rotatable bonds is 7. The quantitative estimate of drug-likeness (QED) is 0.566. The first-order chi connectivity index (χ1) is 8.85. The fourth-order valence-corrected chi connectivity index (χ4v) is 2.51. The van der Waals surface area contributed by atoms with Crippen LogP contribution in [0, 0.1) is 0 Å². The SMILES string of the molecule is O=C(CS(=O)(=O)NC(CO)C(=O)O)c1ccccc1. The monoisotopic (exact) mass is 287 g/mol. The number of sulfonamides is 1. The first kappa shape index (κ1) is 15.3. The topological polar surface area (TPSA) is 121 Å². The number of Topliss-reactive ketones (excluding diaryl/α,β-unsaturated/α-hetero) is 1. The Morgan fingerprint density at radius 1 is 1.21 bits per heavy atom. The van der Waals surface area contributed by atoms with Crippen LogP contribution in [0.3, 0.4) is 0 Å². The maximum Gasteiger partial charge on any atom is 0.324 e. The largest absolute Gasteiger partial charge is 0.480 e. The van der Waals surface area contributed by atoms with E-state index in [1.165, 1.54) is 12.1 Å². The second kappa shape index (κ2) is 6.41. The number of carboxylic acid groups (broad SMARTS) is 1. The van der Waals surface area contributed by atoms with Crippen molar-refractivity contribution < 1.29 is 28.2 Å². The molecular weight excluding hydrogens is 274 g/mol. The Balaban J connectivity index is 2.75. The van der Waals surface area contributed by atoms with Gasteiger partial charge < -0.3 is 10.2 Å². The van der Waals surface area contributed by atoms with Crippen molar-refractivity contribution in [3.63, 3.8) is 0 Å².